The maximum Gasteiger partial charge on any atom is 0.173 e. The van der Waals surface area contributed by atoms with E-state index in [1.54, 1.807) is 7.11 Å². The van der Waals surface area contributed by atoms with Crippen molar-refractivity contribution < 1.29 is 18.9 Å². The van der Waals surface area contributed by atoms with Gasteiger partial charge in [-0.25, -0.2) is 4.39 Å². The molecule has 0 radical (unpaired) electrons. The Morgan fingerprint density at radius 2 is 1.97 bits per heavy atom. The van der Waals surface area contributed by atoms with Crippen molar-refractivity contribution in [1.82, 2.24) is 5.32 Å². The number of carbonyl (C=O) groups excluding carboxylic acids is 1. The first-order valence-electron chi connectivity index (χ1n) is 12.1. The lowest BCUT2D eigenvalue weighted by molar-refractivity contribution is -0.135. The van der Waals surface area contributed by atoms with Crippen LogP contribution in [0.3, 0.4) is 0 Å². The van der Waals surface area contributed by atoms with E-state index in [1.165, 1.54) is 0 Å². The number of ketones is 1. The molecule has 1 saturated heterocycles. The van der Waals surface area contributed by atoms with Crippen LogP contribution in [0.15, 0.2) is 10.3 Å². The fraction of sp³-hybridized carbons (Fsp3) is 0.875. The number of nitrogens with one attached hydrogen (secondary N) is 1. The molecule has 172 valence electrons. The number of carbonyl (C=O) groups is 1. The summed E-state index contributed by atoms with van der Waals surface area (Å²) in [4.78, 5) is 23.8. The number of hydrogen-bond donors (Lipinski definition) is 1. The lowest BCUT2D eigenvalue weighted by Gasteiger charge is -2.59. The number of fused-ring (bicyclic) bond motifs is 5. The molecule has 5 aliphatic rings. The van der Waals surface area contributed by atoms with Gasteiger partial charge in [-0.3, -0.25) is 4.79 Å². The van der Waals surface area contributed by atoms with Gasteiger partial charge in [0.1, 0.15) is 13.2 Å². The van der Waals surface area contributed by atoms with E-state index in [1.807, 2.05) is 6.92 Å². The van der Waals surface area contributed by atoms with Gasteiger partial charge in [0.05, 0.1) is 11.4 Å². The largest absolute Gasteiger partial charge is 0.399 e. The average Bonchev–Trinajstić information content (AvgIpc) is 3.35. The Morgan fingerprint density at radius 3 is 2.71 bits per heavy atom. The Kier molecular flexibility index (Phi) is 5.39. The number of alkyl halides is 1. The maximum absolute atomic E-state index is 14.5. The molecule has 0 aromatic carbocycles. The van der Waals surface area contributed by atoms with Crippen molar-refractivity contribution in [3.8, 4) is 0 Å². The highest BCUT2D eigenvalue weighted by Gasteiger charge is 2.63. The molecule has 31 heavy (non-hydrogen) atoms. The van der Waals surface area contributed by atoms with Crippen molar-refractivity contribution in [1.29, 1.82) is 0 Å². The number of halogens is 1. The van der Waals surface area contributed by atoms with Gasteiger partial charge in [0, 0.05) is 24.3 Å². The zero-order valence-corrected chi connectivity index (χ0v) is 19.0. The Bertz CT molecular complexity index is 795. The second kappa shape index (κ2) is 7.82. The van der Waals surface area contributed by atoms with Crippen LogP contribution in [-0.2, 0) is 14.5 Å². The van der Waals surface area contributed by atoms with Crippen LogP contribution in [0.2, 0.25) is 0 Å². The van der Waals surface area contributed by atoms with E-state index in [4.69, 9.17) is 9.68 Å². The molecular weight excluding hydrogens is 397 g/mol. The highest BCUT2D eigenvalue weighted by molar-refractivity contribution is 5.96. The zero-order valence-electron chi connectivity index (χ0n) is 19.0. The van der Waals surface area contributed by atoms with Gasteiger partial charge in [-0.15, -0.1) is 0 Å². The molecule has 7 heteroatoms. The standard InChI is InChI=1S/C24H36FN3O3/c1-23-7-4-14(27-31-15-6-9-26-13-15)10-19(23)21(28-30-3)11-16-17(23)5-8-24(2)18(16)12-20(25)22(24)29/h15-20,26H,4-13H2,1-3H3/t15?,16?,17?,18?,19-,20-,23-,24+/m1/s1. The van der Waals surface area contributed by atoms with E-state index in [2.05, 4.69) is 22.6 Å². The van der Waals surface area contributed by atoms with Crippen LogP contribution >= 0.6 is 0 Å². The molecule has 1 N–H and O–H groups in total. The minimum absolute atomic E-state index is 0.0764. The fourth-order valence-electron chi connectivity index (χ4n) is 7.79. The van der Waals surface area contributed by atoms with Crippen LogP contribution < -0.4 is 5.32 Å². The third-order valence-electron chi connectivity index (χ3n) is 9.57. The highest BCUT2D eigenvalue weighted by atomic mass is 19.1. The fourth-order valence-corrected chi connectivity index (χ4v) is 7.79. The monoisotopic (exact) mass is 433 g/mol. The highest BCUT2D eigenvalue weighted by Crippen LogP contribution is 2.65. The maximum atomic E-state index is 14.5. The molecule has 5 rings (SSSR count). The van der Waals surface area contributed by atoms with Crippen molar-refractivity contribution >= 4 is 17.2 Å². The summed E-state index contributed by atoms with van der Waals surface area (Å²) in [5.41, 5.74) is 1.76. The number of hydrogen-bond acceptors (Lipinski definition) is 6. The number of Topliss-reactive ketones (excluding diaryl/α,β-unsaturated/α-hetero) is 1. The van der Waals surface area contributed by atoms with E-state index in [-0.39, 0.29) is 29.1 Å². The second-order valence-electron chi connectivity index (χ2n) is 11.0. The smallest absolute Gasteiger partial charge is 0.173 e. The molecule has 0 aromatic rings. The normalized spacial score (nSPS) is 49.6. The van der Waals surface area contributed by atoms with Crippen molar-refractivity contribution in [2.75, 3.05) is 20.2 Å². The van der Waals surface area contributed by atoms with Crippen LogP contribution in [0.5, 0.6) is 0 Å². The zero-order chi connectivity index (χ0) is 21.8. The van der Waals surface area contributed by atoms with E-state index in [0.29, 0.717) is 18.3 Å². The quantitative estimate of drug-likeness (QED) is 0.686. The van der Waals surface area contributed by atoms with Crippen LogP contribution in [0.4, 0.5) is 4.39 Å². The van der Waals surface area contributed by atoms with E-state index in [9.17, 15) is 9.18 Å². The molecule has 4 saturated carbocycles. The Balaban J connectivity index is 1.41. The van der Waals surface area contributed by atoms with Crippen molar-refractivity contribution in [2.24, 2.45) is 44.8 Å². The summed E-state index contributed by atoms with van der Waals surface area (Å²) in [5, 5.41) is 12.4. The van der Waals surface area contributed by atoms with Crippen molar-refractivity contribution in [3.05, 3.63) is 0 Å². The van der Waals surface area contributed by atoms with Crippen LogP contribution in [0.25, 0.3) is 0 Å². The van der Waals surface area contributed by atoms with Gasteiger partial charge in [0.25, 0.3) is 0 Å². The molecule has 1 aliphatic heterocycles. The average molecular weight is 434 g/mol. The summed E-state index contributed by atoms with van der Waals surface area (Å²) < 4.78 is 14.5. The van der Waals surface area contributed by atoms with Gasteiger partial charge < -0.3 is 15.0 Å². The predicted molar refractivity (Wildman–Crippen MR) is 117 cm³/mol. The third-order valence-corrected chi connectivity index (χ3v) is 9.57. The molecule has 8 atom stereocenters. The van der Waals surface area contributed by atoms with E-state index < -0.39 is 11.6 Å². The van der Waals surface area contributed by atoms with Crippen LogP contribution in [0, 0.1) is 34.5 Å². The Morgan fingerprint density at radius 1 is 1.13 bits per heavy atom. The second-order valence-corrected chi connectivity index (χ2v) is 11.0. The first-order valence-corrected chi connectivity index (χ1v) is 12.1. The SMILES string of the molecule is CON=C1CC2C3C[C@@H](F)C(=O)[C@@]3(C)CCC2[C@@]2(C)CCC(=NOC3CCNC3)C[C@H]12. The molecule has 6 nitrogen and oxygen atoms in total. The molecule has 0 bridgehead atoms. The minimum Gasteiger partial charge on any atom is -0.399 e. The van der Waals surface area contributed by atoms with E-state index >= 15 is 0 Å². The molecule has 4 aliphatic carbocycles. The third kappa shape index (κ3) is 3.33. The molecule has 5 fully saturated rings. The molecule has 4 unspecified atom stereocenters. The first-order chi connectivity index (χ1) is 14.9. The molecule has 0 aromatic heterocycles. The van der Waals surface area contributed by atoms with E-state index in [0.717, 1.165) is 69.5 Å². The van der Waals surface area contributed by atoms with Gasteiger partial charge in [-0.1, -0.05) is 24.2 Å². The van der Waals surface area contributed by atoms with Gasteiger partial charge >= 0.3 is 0 Å². The van der Waals surface area contributed by atoms with Crippen molar-refractivity contribution in [2.45, 2.75) is 77.5 Å². The molecule has 0 amide bonds. The number of oxime groups is 2. The lowest BCUT2D eigenvalue weighted by Crippen LogP contribution is -2.56. The summed E-state index contributed by atoms with van der Waals surface area (Å²) in [6.45, 7) is 6.27. The molecule has 1 heterocycles. The summed E-state index contributed by atoms with van der Waals surface area (Å²) in [6.07, 6.45) is 5.71. The Hall–Kier alpha value is -1.50. The lowest BCUT2D eigenvalue weighted by atomic mass is 9.45. The van der Waals surface area contributed by atoms with Gasteiger partial charge in [0.15, 0.2) is 12.0 Å². The predicted octanol–water partition coefficient (Wildman–Crippen LogP) is 3.89. The summed E-state index contributed by atoms with van der Waals surface area (Å²) in [7, 11) is 1.60. The van der Waals surface area contributed by atoms with Gasteiger partial charge in [-0.05, 0) is 74.7 Å². The van der Waals surface area contributed by atoms with Crippen LogP contribution in [0.1, 0.15) is 65.2 Å². The first kappa shape index (κ1) is 21.4. The topological polar surface area (TPSA) is 72.3 Å². The molecule has 0 spiro atoms. The summed E-state index contributed by atoms with van der Waals surface area (Å²) in [5.74, 6) is 1.02. The minimum atomic E-state index is -1.30. The number of rotatable bonds is 3. The summed E-state index contributed by atoms with van der Waals surface area (Å²) >= 11 is 0. The summed E-state index contributed by atoms with van der Waals surface area (Å²) in [6, 6.07) is 0. The van der Waals surface area contributed by atoms with Gasteiger partial charge in [0.2, 0.25) is 0 Å². The van der Waals surface area contributed by atoms with Crippen molar-refractivity contribution in [3.63, 3.8) is 0 Å². The molecular formula is C24H36FN3O3. The Labute approximate surface area is 184 Å². The van der Waals surface area contributed by atoms with Crippen LogP contribution in [-0.4, -0.2) is 49.7 Å². The number of nitrogens with zero attached hydrogens (tertiary/aromatic N) is 2. The van der Waals surface area contributed by atoms with Gasteiger partial charge in [-0.2, -0.15) is 0 Å².